The Hall–Kier alpha value is 1.25. The molecule has 0 amide bonds. The lowest BCUT2D eigenvalue weighted by molar-refractivity contribution is 0.512. The number of hydrogen-bond donors (Lipinski definition) is 0. The predicted molar refractivity (Wildman–Crippen MR) is 72.0 cm³/mol. The molecule has 0 aromatic heterocycles. The van der Waals surface area contributed by atoms with E-state index in [1.165, 1.54) is 70.6 Å². The highest BCUT2D eigenvalue weighted by atomic mass is 79.9. The largest absolute Gasteiger partial charge is 0.316 e. The van der Waals surface area contributed by atoms with Gasteiger partial charge in [0.05, 0.1) is 0 Å². The van der Waals surface area contributed by atoms with Crippen LogP contribution in [0.3, 0.4) is 0 Å². The molecule has 0 radical (unpaired) electrons. The van der Waals surface area contributed by atoms with Gasteiger partial charge in [0.15, 0.2) is 0 Å². The molecule has 2 heteroatoms. The van der Waals surface area contributed by atoms with E-state index in [-0.39, 0.29) is 23.1 Å². The van der Waals surface area contributed by atoms with E-state index in [0.717, 1.165) is 4.83 Å². The van der Waals surface area contributed by atoms with Crippen LogP contribution < -0.4 is 0 Å². The van der Waals surface area contributed by atoms with Crippen LogP contribution in [0.15, 0.2) is 0 Å². The number of alkyl halides is 1. The minimum absolute atomic E-state index is 0. The summed E-state index contributed by atoms with van der Waals surface area (Å²) < 4.78 is 0. The topological polar surface area (TPSA) is 0 Å². The van der Waals surface area contributed by atoms with Gasteiger partial charge in [-0.2, -0.15) is 0 Å². The molecule has 0 atom stereocenters. The van der Waals surface area contributed by atoms with Crippen LogP contribution in [0, 0.1) is 0 Å². The van der Waals surface area contributed by atoms with Crippen molar-refractivity contribution in [1.29, 1.82) is 0 Å². The molecule has 0 aromatic carbocycles. The van der Waals surface area contributed by atoms with E-state index in [9.17, 15) is 0 Å². The molecular formula is C12H25BrMg. The van der Waals surface area contributed by atoms with Gasteiger partial charge in [-0.3, -0.25) is 0 Å². The lowest BCUT2D eigenvalue weighted by atomic mass is 10.0. The van der Waals surface area contributed by atoms with Crippen molar-refractivity contribution >= 4 is 39.0 Å². The molecule has 82 valence electrons. The van der Waals surface area contributed by atoms with Crippen molar-refractivity contribution in [2.45, 2.75) is 75.5 Å². The standard InChI is InChI=1S/C12H23Br.Mg.2H/c13-12-10-8-6-4-2-1-3-5-7-9-11-12;;;/h12H,1-11H2;;;. The van der Waals surface area contributed by atoms with Crippen LogP contribution in [0.25, 0.3) is 0 Å². The average Bonchev–Trinajstić information content (AvgIpc) is 2.11. The van der Waals surface area contributed by atoms with Crippen molar-refractivity contribution < 1.29 is 0 Å². The first kappa shape index (κ1) is 15.2. The van der Waals surface area contributed by atoms with Gasteiger partial charge in [-0.05, 0) is 12.8 Å². The van der Waals surface area contributed by atoms with Gasteiger partial charge in [0.1, 0.15) is 0 Å². The number of rotatable bonds is 0. The molecule has 0 saturated heterocycles. The fourth-order valence-electron chi connectivity index (χ4n) is 2.11. The van der Waals surface area contributed by atoms with Crippen LogP contribution in [-0.2, 0) is 0 Å². The van der Waals surface area contributed by atoms with Crippen molar-refractivity contribution in [3.05, 3.63) is 0 Å². The molecule has 0 N–H and O–H groups in total. The monoisotopic (exact) mass is 272 g/mol. The van der Waals surface area contributed by atoms with Crippen LogP contribution in [0.2, 0.25) is 0 Å². The van der Waals surface area contributed by atoms with Crippen molar-refractivity contribution in [2.24, 2.45) is 0 Å². The third-order valence-corrected chi connectivity index (χ3v) is 3.95. The summed E-state index contributed by atoms with van der Waals surface area (Å²) in [5, 5.41) is 0. The molecule has 1 rings (SSSR count). The van der Waals surface area contributed by atoms with Gasteiger partial charge in [0.2, 0.25) is 0 Å². The maximum Gasteiger partial charge on any atom is 0.316 e. The van der Waals surface area contributed by atoms with Crippen LogP contribution >= 0.6 is 15.9 Å². The van der Waals surface area contributed by atoms with E-state index < -0.39 is 0 Å². The minimum atomic E-state index is 0. The quantitative estimate of drug-likeness (QED) is 0.460. The third kappa shape index (κ3) is 8.55. The first-order chi connectivity index (χ1) is 6.39. The number of hydrogen-bond acceptors (Lipinski definition) is 0. The summed E-state index contributed by atoms with van der Waals surface area (Å²) in [5.74, 6) is 0. The van der Waals surface area contributed by atoms with E-state index >= 15 is 0 Å². The van der Waals surface area contributed by atoms with Crippen LogP contribution in [0.5, 0.6) is 0 Å². The molecule has 0 heterocycles. The van der Waals surface area contributed by atoms with Gasteiger partial charge in [-0.1, -0.05) is 73.7 Å². The fourth-order valence-corrected chi connectivity index (χ4v) is 2.76. The third-order valence-electron chi connectivity index (χ3n) is 3.03. The zero-order valence-corrected chi connectivity index (χ0v) is 10.3. The Labute approximate surface area is 114 Å². The highest BCUT2D eigenvalue weighted by Gasteiger charge is 2.04. The second-order valence-electron chi connectivity index (χ2n) is 4.36. The molecule has 14 heavy (non-hydrogen) atoms. The van der Waals surface area contributed by atoms with Gasteiger partial charge in [0.25, 0.3) is 0 Å². The average molecular weight is 274 g/mol. The summed E-state index contributed by atoms with van der Waals surface area (Å²) in [7, 11) is 0. The Morgan fingerprint density at radius 2 is 0.857 bits per heavy atom. The Morgan fingerprint density at radius 3 is 1.21 bits per heavy atom. The van der Waals surface area contributed by atoms with E-state index in [1.807, 2.05) is 0 Å². The van der Waals surface area contributed by atoms with E-state index in [4.69, 9.17) is 0 Å². The Morgan fingerprint density at radius 1 is 0.571 bits per heavy atom. The summed E-state index contributed by atoms with van der Waals surface area (Å²) in [6.07, 6.45) is 16.0. The lowest BCUT2D eigenvalue weighted by Crippen LogP contribution is -1.98. The Kier molecular flexibility index (Phi) is 11.7. The molecule has 0 aromatic rings. The molecule has 1 saturated carbocycles. The SMILES string of the molecule is BrC1CCCCCCCCCCC1.[MgH2]. The lowest BCUT2D eigenvalue weighted by Gasteiger charge is -2.11. The maximum absolute atomic E-state index is 3.78. The molecule has 0 bridgehead atoms. The van der Waals surface area contributed by atoms with Crippen LogP contribution in [-0.4, -0.2) is 27.9 Å². The van der Waals surface area contributed by atoms with Gasteiger partial charge < -0.3 is 0 Å². The minimum Gasteiger partial charge on any atom is -0.0891 e. The second kappa shape index (κ2) is 10.8. The summed E-state index contributed by atoms with van der Waals surface area (Å²) >= 11 is 3.78. The van der Waals surface area contributed by atoms with Crippen molar-refractivity contribution in [2.75, 3.05) is 0 Å². The Balaban J connectivity index is 0.00000169. The maximum atomic E-state index is 3.78. The molecule has 0 spiro atoms. The van der Waals surface area contributed by atoms with Gasteiger partial charge >= 0.3 is 23.1 Å². The zero-order chi connectivity index (χ0) is 9.36. The van der Waals surface area contributed by atoms with E-state index in [1.54, 1.807) is 0 Å². The van der Waals surface area contributed by atoms with Crippen LogP contribution in [0.4, 0.5) is 0 Å². The van der Waals surface area contributed by atoms with Crippen molar-refractivity contribution in [3.63, 3.8) is 0 Å². The Bertz CT molecular complexity index is 105. The fraction of sp³-hybridized carbons (Fsp3) is 1.00. The van der Waals surface area contributed by atoms with Gasteiger partial charge in [0, 0.05) is 4.83 Å². The van der Waals surface area contributed by atoms with E-state index in [0.29, 0.717) is 0 Å². The molecule has 0 nitrogen and oxygen atoms in total. The summed E-state index contributed by atoms with van der Waals surface area (Å²) in [6.45, 7) is 0. The summed E-state index contributed by atoms with van der Waals surface area (Å²) in [5.41, 5.74) is 0. The first-order valence-corrected chi connectivity index (χ1v) is 6.95. The number of halogens is 1. The molecule has 1 fully saturated rings. The molecule has 1 aliphatic rings. The first-order valence-electron chi connectivity index (χ1n) is 6.03. The van der Waals surface area contributed by atoms with E-state index in [2.05, 4.69) is 15.9 Å². The molecule has 1 aliphatic carbocycles. The molecule has 0 unspecified atom stereocenters. The van der Waals surface area contributed by atoms with Gasteiger partial charge in [-0.15, -0.1) is 0 Å². The van der Waals surface area contributed by atoms with Gasteiger partial charge in [-0.25, -0.2) is 0 Å². The predicted octanol–water partition coefficient (Wildman–Crippen LogP) is 4.14. The molecular weight excluding hydrogens is 248 g/mol. The normalized spacial score (nSPS) is 22.9. The highest BCUT2D eigenvalue weighted by Crippen LogP contribution is 2.20. The highest BCUT2D eigenvalue weighted by molar-refractivity contribution is 9.09. The second-order valence-corrected chi connectivity index (χ2v) is 5.65. The van der Waals surface area contributed by atoms with Crippen molar-refractivity contribution in [1.82, 2.24) is 0 Å². The summed E-state index contributed by atoms with van der Waals surface area (Å²) in [4.78, 5) is 0.812. The summed E-state index contributed by atoms with van der Waals surface area (Å²) in [6, 6.07) is 0. The molecule has 0 aliphatic heterocycles. The van der Waals surface area contributed by atoms with Crippen molar-refractivity contribution in [3.8, 4) is 0 Å². The zero-order valence-electron chi connectivity index (χ0n) is 8.73. The smallest absolute Gasteiger partial charge is 0.0891 e. The van der Waals surface area contributed by atoms with Crippen LogP contribution in [0.1, 0.15) is 70.6 Å².